The first-order chi connectivity index (χ1) is 10.4. The Morgan fingerprint density at radius 3 is 2.52 bits per heavy atom. The van der Waals surface area contributed by atoms with Crippen LogP contribution in [0, 0.1) is 0 Å². The monoisotopic (exact) mass is 284 g/mol. The summed E-state index contributed by atoms with van der Waals surface area (Å²) >= 11 is 0. The van der Waals surface area contributed by atoms with Crippen LogP contribution in [0.25, 0.3) is 5.69 Å². The van der Waals surface area contributed by atoms with E-state index in [9.17, 15) is 5.21 Å². The molecule has 1 aliphatic heterocycles. The first-order valence-corrected chi connectivity index (χ1v) is 7.39. The predicted molar refractivity (Wildman–Crippen MR) is 82.2 cm³/mol. The first kappa shape index (κ1) is 13.8. The van der Waals surface area contributed by atoms with Crippen LogP contribution >= 0.6 is 0 Å². The molecule has 0 bridgehead atoms. The fourth-order valence-electron chi connectivity index (χ4n) is 2.75. The average molecular weight is 284 g/mol. The molecule has 1 aromatic carbocycles. The third-order valence-electron chi connectivity index (χ3n) is 3.95. The second kappa shape index (κ2) is 6.54. The van der Waals surface area contributed by atoms with Gasteiger partial charge in [-0.2, -0.15) is 0 Å². The third-order valence-corrected chi connectivity index (χ3v) is 3.95. The van der Waals surface area contributed by atoms with Crippen molar-refractivity contribution in [2.45, 2.75) is 19.3 Å². The summed E-state index contributed by atoms with van der Waals surface area (Å²) < 4.78 is 1.95. The summed E-state index contributed by atoms with van der Waals surface area (Å²) in [4.78, 5) is 6.39. The number of rotatable bonds is 4. The van der Waals surface area contributed by atoms with Gasteiger partial charge in [0.05, 0.1) is 6.33 Å². The highest BCUT2D eigenvalue weighted by molar-refractivity contribution is 6.01. The lowest BCUT2D eigenvalue weighted by Crippen LogP contribution is -2.34. The number of imidazole rings is 1. The minimum absolute atomic E-state index is 0.709. The molecule has 2 aromatic rings. The Balaban J connectivity index is 1.72. The van der Waals surface area contributed by atoms with E-state index >= 15 is 0 Å². The van der Waals surface area contributed by atoms with Gasteiger partial charge in [-0.15, -0.1) is 0 Å². The highest BCUT2D eigenvalue weighted by atomic mass is 16.4. The smallest absolute Gasteiger partial charge is 0.101 e. The highest BCUT2D eigenvalue weighted by Gasteiger charge is 2.14. The molecular weight excluding hydrogens is 264 g/mol. The summed E-state index contributed by atoms with van der Waals surface area (Å²) in [7, 11) is 0. The number of oxime groups is 1. The Morgan fingerprint density at radius 2 is 1.90 bits per heavy atom. The van der Waals surface area contributed by atoms with Crippen LogP contribution in [-0.4, -0.2) is 45.0 Å². The molecule has 0 spiro atoms. The maximum absolute atomic E-state index is 9.31. The van der Waals surface area contributed by atoms with Crippen LogP contribution < -0.4 is 0 Å². The van der Waals surface area contributed by atoms with Crippen molar-refractivity contribution in [1.29, 1.82) is 0 Å². The van der Waals surface area contributed by atoms with E-state index in [-0.39, 0.29) is 0 Å². The Kier molecular flexibility index (Phi) is 4.31. The molecule has 0 radical (unpaired) electrons. The number of likely N-dealkylation sites (tertiary alicyclic amines) is 1. The molecule has 21 heavy (non-hydrogen) atoms. The van der Waals surface area contributed by atoms with Gasteiger partial charge < -0.3 is 9.77 Å². The molecule has 0 saturated carbocycles. The molecule has 2 heterocycles. The Bertz CT molecular complexity index is 583. The van der Waals surface area contributed by atoms with Crippen LogP contribution in [-0.2, 0) is 0 Å². The van der Waals surface area contributed by atoms with Crippen LogP contribution in [0.5, 0.6) is 0 Å². The molecule has 3 rings (SSSR count). The fraction of sp³-hybridized carbons (Fsp3) is 0.375. The summed E-state index contributed by atoms with van der Waals surface area (Å²) in [5.74, 6) is 0. The molecule has 0 unspecified atom stereocenters. The summed E-state index contributed by atoms with van der Waals surface area (Å²) in [6.07, 6.45) is 9.21. The number of benzene rings is 1. The number of hydrogen-bond acceptors (Lipinski definition) is 4. The van der Waals surface area contributed by atoms with Gasteiger partial charge >= 0.3 is 0 Å². The van der Waals surface area contributed by atoms with Crippen LogP contribution in [0.3, 0.4) is 0 Å². The summed E-state index contributed by atoms with van der Waals surface area (Å²) in [5.41, 5.74) is 2.74. The normalized spacial score (nSPS) is 17.0. The van der Waals surface area contributed by atoms with Gasteiger partial charge in [0, 0.05) is 30.2 Å². The molecule has 110 valence electrons. The first-order valence-electron chi connectivity index (χ1n) is 7.39. The zero-order valence-electron chi connectivity index (χ0n) is 12.0. The Labute approximate surface area is 124 Å². The molecule has 0 atom stereocenters. The van der Waals surface area contributed by atoms with E-state index in [1.54, 1.807) is 12.5 Å². The van der Waals surface area contributed by atoms with Gasteiger partial charge in [-0.1, -0.05) is 23.7 Å². The molecule has 5 nitrogen and oxygen atoms in total. The quantitative estimate of drug-likeness (QED) is 0.533. The molecule has 0 aliphatic carbocycles. The van der Waals surface area contributed by atoms with Gasteiger partial charge in [0.15, 0.2) is 0 Å². The SMILES string of the molecule is ON=C(CN1CCCCC1)c1ccc(-n2ccnc2)cc1. The minimum Gasteiger partial charge on any atom is -0.411 e. The lowest BCUT2D eigenvalue weighted by molar-refractivity contribution is 0.253. The van der Waals surface area contributed by atoms with Crippen molar-refractivity contribution in [2.75, 3.05) is 19.6 Å². The molecule has 1 aliphatic rings. The number of piperidine rings is 1. The van der Waals surface area contributed by atoms with E-state index in [4.69, 9.17) is 0 Å². The van der Waals surface area contributed by atoms with Gasteiger partial charge in [-0.25, -0.2) is 4.98 Å². The van der Waals surface area contributed by atoms with E-state index in [1.807, 2.05) is 35.0 Å². The van der Waals surface area contributed by atoms with Crippen molar-refractivity contribution in [3.05, 3.63) is 48.5 Å². The topological polar surface area (TPSA) is 53.7 Å². The summed E-state index contributed by atoms with van der Waals surface area (Å²) in [5, 5.41) is 12.8. The van der Waals surface area contributed by atoms with E-state index in [0.29, 0.717) is 6.54 Å². The van der Waals surface area contributed by atoms with E-state index in [1.165, 1.54) is 19.3 Å². The summed E-state index contributed by atoms with van der Waals surface area (Å²) in [6, 6.07) is 8.01. The van der Waals surface area contributed by atoms with Crippen LogP contribution in [0.15, 0.2) is 48.1 Å². The standard InChI is InChI=1S/C16H20N4O/c21-18-16(12-19-9-2-1-3-10-19)14-4-6-15(7-5-14)20-11-8-17-13-20/h4-8,11,13,21H,1-3,9-10,12H2. The highest BCUT2D eigenvalue weighted by Crippen LogP contribution is 2.13. The second-order valence-corrected chi connectivity index (χ2v) is 5.40. The van der Waals surface area contributed by atoms with Crippen LogP contribution in [0.4, 0.5) is 0 Å². The molecule has 1 N–H and O–H groups in total. The van der Waals surface area contributed by atoms with Crippen molar-refractivity contribution >= 4 is 5.71 Å². The van der Waals surface area contributed by atoms with E-state index in [0.717, 1.165) is 30.1 Å². The van der Waals surface area contributed by atoms with Gasteiger partial charge in [-0.3, -0.25) is 4.90 Å². The molecule has 1 fully saturated rings. The Morgan fingerprint density at radius 1 is 1.14 bits per heavy atom. The largest absolute Gasteiger partial charge is 0.411 e. The molecule has 1 aromatic heterocycles. The van der Waals surface area contributed by atoms with Gasteiger partial charge in [0.25, 0.3) is 0 Å². The van der Waals surface area contributed by atoms with Crippen molar-refractivity contribution in [2.24, 2.45) is 5.16 Å². The number of nitrogens with zero attached hydrogens (tertiary/aromatic N) is 4. The molecule has 5 heteroatoms. The molecule has 0 amide bonds. The maximum Gasteiger partial charge on any atom is 0.101 e. The number of hydrogen-bond donors (Lipinski definition) is 1. The third kappa shape index (κ3) is 3.31. The van der Waals surface area contributed by atoms with Crippen molar-refractivity contribution in [3.63, 3.8) is 0 Å². The van der Waals surface area contributed by atoms with Crippen molar-refractivity contribution < 1.29 is 5.21 Å². The Hall–Kier alpha value is -2.14. The zero-order valence-corrected chi connectivity index (χ0v) is 12.0. The lowest BCUT2D eigenvalue weighted by Gasteiger charge is -2.26. The van der Waals surface area contributed by atoms with E-state index < -0.39 is 0 Å². The predicted octanol–water partition coefficient (Wildman–Crippen LogP) is 2.54. The van der Waals surface area contributed by atoms with Crippen LogP contribution in [0.2, 0.25) is 0 Å². The van der Waals surface area contributed by atoms with Gasteiger partial charge in [-0.05, 0) is 38.1 Å². The van der Waals surface area contributed by atoms with Crippen molar-refractivity contribution in [1.82, 2.24) is 14.5 Å². The van der Waals surface area contributed by atoms with Crippen LogP contribution in [0.1, 0.15) is 24.8 Å². The van der Waals surface area contributed by atoms with Crippen molar-refractivity contribution in [3.8, 4) is 5.69 Å². The minimum atomic E-state index is 0.709. The zero-order chi connectivity index (χ0) is 14.5. The second-order valence-electron chi connectivity index (χ2n) is 5.40. The summed E-state index contributed by atoms with van der Waals surface area (Å²) in [6.45, 7) is 2.89. The maximum atomic E-state index is 9.31. The number of aromatic nitrogens is 2. The molecule has 1 saturated heterocycles. The van der Waals surface area contributed by atoms with E-state index in [2.05, 4.69) is 15.0 Å². The van der Waals surface area contributed by atoms with Gasteiger partial charge in [0.1, 0.15) is 5.71 Å². The molecular formula is C16H20N4O. The lowest BCUT2D eigenvalue weighted by atomic mass is 10.1. The average Bonchev–Trinajstić information content (AvgIpc) is 3.08. The fourth-order valence-corrected chi connectivity index (χ4v) is 2.75. The van der Waals surface area contributed by atoms with Gasteiger partial charge in [0.2, 0.25) is 0 Å².